The first-order chi connectivity index (χ1) is 11.8. The molecule has 0 fully saturated rings. The van der Waals surface area contributed by atoms with Gasteiger partial charge in [0.2, 0.25) is 5.95 Å². The number of nitrogens with one attached hydrogen (secondary N) is 1. The second-order valence-electron chi connectivity index (χ2n) is 7.15. The molecule has 2 aromatic carbocycles. The lowest BCUT2D eigenvalue weighted by Crippen LogP contribution is -2.27. The highest BCUT2D eigenvalue weighted by molar-refractivity contribution is 5.75. The van der Waals surface area contributed by atoms with E-state index in [9.17, 15) is 0 Å². The molecule has 0 aliphatic carbocycles. The largest absolute Gasteiger partial charge is 0.350 e. The van der Waals surface area contributed by atoms with Crippen LogP contribution in [0.3, 0.4) is 0 Å². The highest BCUT2D eigenvalue weighted by Gasteiger charge is 2.15. The first-order valence-corrected chi connectivity index (χ1v) is 8.30. The molecule has 1 heterocycles. The van der Waals surface area contributed by atoms with Gasteiger partial charge in [-0.05, 0) is 38.8 Å². The molecule has 1 N–H and O–H groups in total. The van der Waals surface area contributed by atoms with Gasteiger partial charge >= 0.3 is 0 Å². The smallest absolute Gasteiger partial charge is 0.223 e. The molecule has 0 spiro atoms. The summed E-state index contributed by atoms with van der Waals surface area (Å²) in [4.78, 5) is 8.63. The summed E-state index contributed by atoms with van der Waals surface area (Å²) in [5.74, 6) is 0.281. The van der Waals surface area contributed by atoms with Gasteiger partial charge in [-0.3, -0.25) is 0 Å². The molecule has 1 aromatic heterocycles. The molecule has 3 nitrogen and oxygen atoms in total. The number of aryl methyl sites for hydroxylation is 1. The molecule has 25 heavy (non-hydrogen) atoms. The van der Waals surface area contributed by atoms with Crippen molar-refractivity contribution in [1.82, 2.24) is 9.97 Å². The summed E-state index contributed by atoms with van der Waals surface area (Å²) in [6.07, 6.45) is 3.31. The molecular formula is C21H22FN3. The molecule has 0 saturated heterocycles. The Balaban J connectivity index is 1.99. The number of nitrogens with zero attached hydrogens (tertiary/aromatic N) is 2. The number of rotatable bonds is 3. The van der Waals surface area contributed by atoms with Crippen LogP contribution in [0.1, 0.15) is 26.3 Å². The van der Waals surface area contributed by atoms with Crippen molar-refractivity contribution in [3.63, 3.8) is 0 Å². The zero-order chi connectivity index (χ0) is 18.0. The fourth-order valence-electron chi connectivity index (χ4n) is 2.71. The number of hydrogen-bond donors (Lipinski definition) is 1. The van der Waals surface area contributed by atoms with E-state index in [4.69, 9.17) is 0 Å². The van der Waals surface area contributed by atoms with E-state index >= 15 is 4.39 Å². The van der Waals surface area contributed by atoms with Crippen LogP contribution < -0.4 is 5.32 Å². The standard InChI is InChI=1S/C21H22FN3/c1-14-8-5-6-9-16(14)18-11-7-10-17(19(18)22)15-12-23-20(24-13-15)25-21(2,3)4/h5-13H,1-4H3,(H,23,24,25). The fourth-order valence-corrected chi connectivity index (χ4v) is 2.71. The maximum atomic E-state index is 15.1. The van der Waals surface area contributed by atoms with Crippen LogP contribution in [-0.4, -0.2) is 15.5 Å². The summed E-state index contributed by atoms with van der Waals surface area (Å²) in [6.45, 7) is 8.10. The number of anilines is 1. The van der Waals surface area contributed by atoms with E-state index in [0.29, 0.717) is 22.6 Å². The summed E-state index contributed by atoms with van der Waals surface area (Å²) in [6, 6.07) is 13.2. The van der Waals surface area contributed by atoms with Crippen molar-refractivity contribution in [1.29, 1.82) is 0 Å². The zero-order valence-electron chi connectivity index (χ0n) is 15.0. The molecule has 0 bridgehead atoms. The van der Waals surface area contributed by atoms with Gasteiger partial charge in [-0.25, -0.2) is 14.4 Å². The van der Waals surface area contributed by atoms with Gasteiger partial charge in [0.05, 0.1) is 0 Å². The van der Waals surface area contributed by atoms with Gasteiger partial charge in [0.15, 0.2) is 0 Å². The number of hydrogen-bond acceptors (Lipinski definition) is 3. The van der Waals surface area contributed by atoms with Crippen LogP contribution in [0.25, 0.3) is 22.3 Å². The van der Waals surface area contributed by atoms with Gasteiger partial charge in [0.25, 0.3) is 0 Å². The maximum Gasteiger partial charge on any atom is 0.223 e. The molecule has 0 amide bonds. The second-order valence-corrected chi connectivity index (χ2v) is 7.15. The van der Waals surface area contributed by atoms with Gasteiger partial charge in [0, 0.05) is 34.6 Å². The van der Waals surface area contributed by atoms with Crippen molar-refractivity contribution in [2.45, 2.75) is 33.2 Å². The Morgan fingerprint density at radius 3 is 2.08 bits per heavy atom. The van der Waals surface area contributed by atoms with Gasteiger partial charge in [-0.15, -0.1) is 0 Å². The Labute approximate surface area is 148 Å². The second kappa shape index (κ2) is 6.63. The van der Waals surface area contributed by atoms with E-state index in [1.54, 1.807) is 24.5 Å². The maximum absolute atomic E-state index is 15.1. The van der Waals surface area contributed by atoms with Crippen molar-refractivity contribution in [3.8, 4) is 22.3 Å². The Morgan fingerprint density at radius 2 is 1.44 bits per heavy atom. The number of benzene rings is 2. The van der Waals surface area contributed by atoms with Crippen LogP contribution in [0.2, 0.25) is 0 Å². The summed E-state index contributed by atoms with van der Waals surface area (Å²) >= 11 is 0. The molecule has 4 heteroatoms. The van der Waals surface area contributed by atoms with Crippen LogP contribution in [0.15, 0.2) is 54.9 Å². The SMILES string of the molecule is Cc1ccccc1-c1cccc(-c2cnc(NC(C)(C)C)nc2)c1F. The predicted octanol–water partition coefficient (Wildman–Crippen LogP) is 5.47. The first-order valence-electron chi connectivity index (χ1n) is 8.30. The molecule has 3 rings (SSSR count). The van der Waals surface area contributed by atoms with E-state index in [1.807, 2.05) is 58.0 Å². The van der Waals surface area contributed by atoms with E-state index in [1.165, 1.54) is 0 Å². The lowest BCUT2D eigenvalue weighted by atomic mass is 9.96. The van der Waals surface area contributed by atoms with Crippen molar-refractivity contribution < 1.29 is 4.39 Å². The average molecular weight is 335 g/mol. The van der Waals surface area contributed by atoms with Crippen molar-refractivity contribution in [2.75, 3.05) is 5.32 Å². The molecule has 3 aromatic rings. The topological polar surface area (TPSA) is 37.8 Å². The van der Waals surface area contributed by atoms with E-state index in [-0.39, 0.29) is 11.4 Å². The summed E-state index contributed by atoms with van der Waals surface area (Å²) in [5, 5.41) is 3.20. The quantitative estimate of drug-likeness (QED) is 0.690. The normalized spacial score (nSPS) is 11.4. The molecule has 0 aliphatic rings. The van der Waals surface area contributed by atoms with Gasteiger partial charge in [0.1, 0.15) is 5.82 Å². The minimum absolute atomic E-state index is 0.127. The lowest BCUT2D eigenvalue weighted by Gasteiger charge is -2.20. The van der Waals surface area contributed by atoms with Crippen molar-refractivity contribution in [2.24, 2.45) is 0 Å². The molecule has 0 aliphatic heterocycles. The molecule has 0 unspecified atom stereocenters. The van der Waals surface area contributed by atoms with Crippen molar-refractivity contribution >= 4 is 5.95 Å². The minimum Gasteiger partial charge on any atom is -0.350 e. The minimum atomic E-state index is -0.253. The predicted molar refractivity (Wildman–Crippen MR) is 101 cm³/mol. The van der Waals surface area contributed by atoms with Gasteiger partial charge in [-0.1, -0.05) is 42.5 Å². The van der Waals surface area contributed by atoms with Gasteiger partial charge in [-0.2, -0.15) is 0 Å². The highest BCUT2D eigenvalue weighted by Crippen LogP contribution is 2.32. The molecule has 128 valence electrons. The van der Waals surface area contributed by atoms with Crippen LogP contribution in [0.5, 0.6) is 0 Å². The van der Waals surface area contributed by atoms with E-state index < -0.39 is 0 Å². The first kappa shape index (κ1) is 17.1. The van der Waals surface area contributed by atoms with Crippen LogP contribution in [0.4, 0.5) is 10.3 Å². The monoisotopic (exact) mass is 335 g/mol. The average Bonchev–Trinajstić information content (AvgIpc) is 2.55. The third-order valence-electron chi connectivity index (χ3n) is 3.88. The van der Waals surface area contributed by atoms with Crippen LogP contribution in [0, 0.1) is 12.7 Å². The molecule has 0 saturated carbocycles. The van der Waals surface area contributed by atoms with E-state index in [0.717, 1.165) is 11.1 Å². The molecule has 0 radical (unpaired) electrons. The Kier molecular flexibility index (Phi) is 4.53. The molecular weight excluding hydrogens is 313 g/mol. The zero-order valence-corrected chi connectivity index (χ0v) is 15.0. The third-order valence-corrected chi connectivity index (χ3v) is 3.88. The lowest BCUT2D eigenvalue weighted by molar-refractivity contribution is 0.625. The van der Waals surface area contributed by atoms with Crippen LogP contribution >= 0.6 is 0 Å². The fraction of sp³-hybridized carbons (Fsp3) is 0.238. The molecule has 0 atom stereocenters. The summed E-state index contributed by atoms with van der Waals surface area (Å²) in [7, 11) is 0. The Bertz CT molecular complexity index is 880. The summed E-state index contributed by atoms with van der Waals surface area (Å²) in [5.41, 5.74) is 3.56. The number of halogens is 1. The Morgan fingerprint density at radius 1 is 0.840 bits per heavy atom. The van der Waals surface area contributed by atoms with Crippen molar-refractivity contribution in [3.05, 3.63) is 66.2 Å². The van der Waals surface area contributed by atoms with Crippen LogP contribution in [-0.2, 0) is 0 Å². The number of aromatic nitrogens is 2. The Hall–Kier alpha value is -2.75. The third kappa shape index (κ3) is 3.85. The highest BCUT2D eigenvalue weighted by atomic mass is 19.1. The van der Waals surface area contributed by atoms with Gasteiger partial charge < -0.3 is 5.32 Å². The van der Waals surface area contributed by atoms with E-state index in [2.05, 4.69) is 15.3 Å². The summed E-state index contributed by atoms with van der Waals surface area (Å²) < 4.78 is 15.1.